The van der Waals surface area contributed by atoms with Crippen LogP contribution in [-0.4, -0.2) is 148 Å². The van der Waals surface area contributed by atoms with E-state index in [4.69, 9.17) is 64.1 Å². The third-order valence-electron chi connectivity index (χ3n) is 8.17. The Kier molecular flexibility index (Phi) is 14.9. The molecule has 55 heavy (non-hydrogen) atoms. The van der Waals surface area contributed by atoms with Gasteiger partial charge in [0, 0.05) is 46.6 Å². The molecule has 2 aromatic rings. The molecular formula is C29H43N5O18P2S. The first kappa shape index (κ1) is 44.5. The number of nitrogens with zero attached hydrogens (tertiary/aromatic N) is 3. The van der Waals surface area contributed by atoms with Crippen LogP contribution in [-0.2, 0) is 82.1 Å². The maximum Gasteiger partial charge on any atom is 0.481 e. The number of phosphoric ester groups is 1. The maximum atomic E-state index is 13.4. The number of anilines is 1. The fraction of sp³-hybridized carbons (Fsp3) is 0.655. The lowest BCUT2D eigenvalue weighted by atomic mass is 9.95. The molecule has 6 N–H and O–H groups in total. The third kappa shape index (κ3) is 11.2. The number of aliphatic hydroxyl groups is 1. The summed E-state index contributed by atoms with van der Waals surface area (Å²) in [5.41, 5.74) is 7.50. The fourth-order valence-electron chi connectivity index (χ4n) is 6.17. The molecule has 0 saturated carbocycles. The summed E-state index contributed by atoms with van der Waals surface area (Å²) in [5.74, 6) is -3.61. The molecule has 0 amide bonds. The van der Waals surface area contributed by atoms with Crippen LogP contribution in [0.4, 0.5) is 5.82 Å². The minimum Gasteiger partial charge on any atom is -0.462 e. The molecule has 4 heterocycles. The number of hydrogen-bond acceptors (Lipinski definition) is 21. The highest BCUT2D eigenvalue weighted by Crippen LogP contribution is 2.62. The van der Waals surface area contributed by atoms with E-state index in [0.717, 1.165) is 27.7 Å². The number of aromatic amines is 1. The number of carbonyl (C=O) groups excluding carboxylic acids is 4. The second kappa shape index (κ2) is 18.4. The van der Waals surface area contributed by atoms with E-state index in [9.17, 15) is 38.6 Å². The number of rotatable bonds is 16. The summed E-state index contributed by atoms with van der Waals surface area (Å²) in [7, 11) is -0.682. The van der Waals surface area contributed by atoms with Gasteiger partial charge >= 0.3 is 38.4 Å². The number of nitrogen functional groups attached to an aromatic ring is 1. The Balaban J connectivity index is 1.56. The number of fused-ring (bicyclic) bond motifs is 1. The van der Waals surface area contributed by atoms with Crippen LogP contribution in [0.25, 0.3) is 11.0 Å². The van der Waals surface area contributed by atoms with Crippen molar-refractivity contribution in [2.24, 2.45) is 0 Å². The monoisotopic (exact) mass is 843 g/mol. The van der Waals surface area contributed by atoms with Gasteiger partial charge in [0.1, 0.15) is 49.0 Å². The summed E-state index contributed by atoms with van der Waals surface area (Å²) in [4.78, 5) is 82.5. The van der Waals surface area contributed by atoms with Gasteiger partial charge in [-0.25, -0.2) is 18.8 Å². The van der Waals surface area contributed by atoms with Crippen molar-refractivity contribution in [2.45, 2.75) is 88.9 Å². The topological polar surface area (TPSA) is 309 Å². The third-order valence-corrected chi connectivity index (χ3v) is 11.7. The van der Waals surface area contributed by atoms with Gasteiger partial charge in [-0.2, -0.15) is 0 Å². The highest BCUT2D eigenvalue weighted by molar-refractivity contribution is 8.08. The van der Waals surface area contributed by atoms with Gasteiger partial charge in [0.25, 0.3) is 0 Å². The minimum absolute atomic E-state index is 0.207. The number of esters is 4. The maximum absolute atomic E-state index is 13.4. The number of phosphoric acid groups is 1. The van der Waals surface area contributed by atoms with E-state index in [1.165, 1.54) is 13.4 Å². The molecule has 0 aromatic carbocycles. The van der Waals surface area contributed by atoms with Gasteiger partial charge in [-0.05, 0) is 25.9 Å². The summed E-state index contributed by atoms with van der Waals surface area (Å²) in [6.45, 7) is -2.06. The first-order chi connectivity index (χ1) is 25.6. The second-order valence-electron chi connectivity index (χ2n) is 12.5. The lowest BCUT2D eigenvalue weighted by molar-refractivity contribution is -0.299. The zero-order valence-corrected chi connectivity index (χ0v) is 33.1. The molecule has 0 aliphatic carbocycles. The highest BCUT2D eigenvalue weighted by Gasteiger charge is 2.55. The molecule has 23 nitrogen and oxygen atoms in total. The number of hydrogen-bond donors (Lipinski definition) is 5. The molecular weight excluding hydrogens is 800 g/mol. The predicted octanol–water partition coefficient (Wildman–Crippen LogP) is -0.264. The number of aliphatic hydroxyl groups excluding tert-OH is 1. The number of H-pyrrole nitrogens is 1. The zero-order chi connectivity index (χ0) is 41.0. The van der Waals surface area contributed by atoms with Crippen LogP contribution in [0, 0.1) is 0 Å². The van der Waals surface area contributed by atoms with Crippen LogP contribution >= 0.6 is 14.5 Å². The first-order valence-corrected chi connectivity index (χ1v) is 20.3. The summed E-state index contributed by atoms with van der Waals surface area (Å²) in [6.07, 6.45) is -10.9. The van der Waals surface area contributed by atoms with Gasteiger partial charge in [-0.15, -0.1) is 0 Å². The van der Waals surface area contributed by atoms with Gasteiger partial charge in [0.15, 0.2) is 24.1 Å². The van der Waals surface area contributed by atoms with E-state index in [-0.39, 0.29) is 5.82 Å². The molecule has 26 heteroatoms. The smallest absolute Gasteiger partial charge is 0.462 e. The average molecular weight is 844 g/mol. The van der Waals surface area contributed by atoms with Crippen LogP contribution in [0.1, 0.15) is 39.4 Å². The summed E-state index contributed by atoms with van der Waals surface area (Å²) < 4.78 is 67.1. The van der Waals surface area contributed by atoms with Crippen LogP contribution < -0.4 is 5.73 Å². The Hall–Kier alpha value is -3.22. The van der Waals surface area contributed by atoms with E-state index in [0.29, 0.717) is 16.6 Å². The van der Waals surface area contributed by atoms with E-state index in [1.54, 1.807) is 25.2 Å². The molecule has 7 unspecified atom stereocenters. The largest absolute Gasteiger partial charge is 0.481 e. The zero-order valence-electron chi connectivity index (χ0n) is 30.5. The molecule has 0 bridgehead atoms. The number of ether oxygens (including phenoxy) is 7. The van der Waals surface area contributed by atoms with Gasteiger partial charge in [-0.3, -0.25) is 23.7 Å². The molecule has 2 aromatic heterocycles. The number of nitrogens with two attached hydrogens (primary N) is 1. The molecule has 2 fully saturated rings. The van der Waals surface area contributed by atoms with Gasteiger partial charge in [-0.1, -0.05) is 0 Å². The highest BCUT2D eigenvalue weighted by atomic mass is 32.5. The molecule has 12 atom stereocenters. The predicted molar refractivity (Wildman–Crippen MR) is 187 cm³/mol. The number of methoxy groups -OCH3 is 1. The van der Waals surface area contributed by atoms with Crippen molar-refractivity contribution in [2.75, 3.05) is 40.2 Å². The Bertz CT molecular complexity index is 1820. The van der Waals surface area contributed by atoms with Crippen molar-refractivity contribution in [1.82, 2.24) is 19.9 Å². The number of nitrogens with one attached hydrogen (secondary N) is 1. The minimum atomic E-state index is -5.62. The van der Waals surface area contributed by atoms with Crippen LogP contribution in [0.2, 0.25) is 0 Å². The molecule has 2 aliphatic rings. The standard InChI is InChI=1S/C29H43N5O18P2S/c1-12(35)44-9-18(46-13(2)36)24-22(39)26(47-14(3)37)27(48-15(4)38)29(50-24)51-53(40,41)52-54(42,55)45-10-17-21(34(5)6)25(43-7)23(49-17)16-8-31-20-19(16)32-11-33-28(20)30/h8,11,17-18,21-27,29,31,39H,9-10H2,1-7H3,(H,40,41)(H,42,55)(H2,30,32,33)/t17-,18+,21-,22?,23+,24?,25-,26?,27?,29?,54?/m1/s1. The van der Waals surface area contributed by atoms with Crippen molar-refractivity contribution in [3.63, 3.8) is 0 Å². The van der Waals surface area contributed by atoms with Crippen LogP contribution in [0.15, 0.2) is 12.5 Å². The van der Waals surface area contributed by atoms with Gasteiger partial charge in [0.05, 0.1) is 18.2 Å². The molecule has 308 valence electrons. The number of carbonyl (C=O) groups is 4. The molecule has 2 saturated heterocycles. The Morgan fingerprint density at radius 1 is 1.02 bits per heavy atom. The van der Waals surface area contributed by atoms with E-state index in [2.05, 4.69) is 15.0 Å². The van der Waals surface area contributed by atoms with Crippen molar-refractivity contribution in [3.8, 4) is 0 Å². The Morgan fingerprint density at radius 3 is 2.25 bits per heavy atom. The summed E-state index contributed by atoms with van der Waals surface area (Å²) in [5, 5.41) is 11.2. The second-order valence-corrected chi connectivity index (χ2v) is 16.8. The normalized spacial score (nSPS) is 29.5. The average Bonchev–Trinajstić information content (AvgIpc) is 3.66. The lowest BCUT2D eigenvalue weighted by Gasteiger charge is -2.44. The van der Waals surface area contributed by atoms with Crippen molar-refractivity contribution in [3.05, 3.63) is 18.1 Å². The quantitative estimate of drug-likeness (QED) is 0.0825. The van der Waals surface area contributed by atoms with Crippen molar-refractivity contribution >= 4 is 67.1 Å². The SMILES string of the molecule is CO[C@@H]1[C@H](N(C)C)[C@@H](COP(O)(=S)OP(=O)(O)OC2OC([C@H](COC(C)=O)OC(C)=O)C(O)C(OC(C)=O)C2OC(C)=O)O[C@H]1c1c[nH]c2c(N)ncnc12. The van der Waals surface area contributed by atoms with Gasteiger partial charge in [0.2, 0.25) is 6.29 Å². The van der Waals surface area contributed by atoms with Gasteiger partial charge < -0.3 is 68.2 Å². The fourth-order valence-corrected chi connectivity index (χ4v) is 9.27. The molecule has 0 radical (unpaired) electrons. The van der Waals surface area contributed by atoms with Crippen LogP contribution in [0.3, 0.4) is 0 Å². The lowest BCUT2D eigenvalue weighted by Crippen LogP contribution is -2.64. The van der Waals surface area contributed by atoms with Crippen molar-refractivity contribution in [1.29, 1.82) is 0 Å². The number of aromatic nitrogens is 3. The summed E-state index contributed by atoms with van der Waals surface area (Å²) >= 11 is 5.04. The number of likely N-dealkylation sites (N-methyl/N-ethyl adjacent to an activating group) is 1. The summed E-state index contributed by atoms with van der Waals surface area (Å²) in [6, 6.07) is -0.551. The first-order valence-electron chi connectivity index (χ1n) is 16.2. The van der Waals surface area contributed by atoms with E-state index in [1.807, 2.05) is 0 Å². The molecule has 4 rings (SSSR count). The Morgan fingerprint density at radius 2 is 1.67 bits per heavy atom. The van der Waals surface area contributed by atoms with Crippen molar-refractivity contribution < 1.29 is 85.2 Å². The molecule has 2 aliphatic heterocycles. The van der Waals surface area contributed by atoms with E-state index >= 15 is 0 Å². The Labute approximate surface area is 318 Å². The van der Waals surface area contributed by atoms with Crippen LogP contribution in [0.5, 0.6) is 0 Å². The van der Waals surface area contributed by atoms with E-state index < -0.39 is 113 Å². The molecule has 0 spiro atoms.